The molecule has 0 bridgehead atoms. The summed E-state index contributed by atoms with van der Waals surface area (Å²) in [4.78, 5) is 10.9. The number of carbonyl (C=O) groups is 1. The van der Waals surface area contributed by atoms with E-state index in [9.17, 15) is 18.0 Å². The summed E-state index contributed by atoms with van der Waals surface area (Å²) < 4.78 is 35.0. The van der Waals surface area contributed by atoms with Crippen molar-refractivity contribution < 1.29 is 18.0 Å². The van der Waals surface area contributed by atoms with E-state index < -0.39 is 11.6 Å². The number of halogens is 3. The maximum absolute atomic E-state index is 11.7. The fraction of sp³-hybridized carbons (Fsp3) is 0.857. The second kappa shape index (κ2) is 6.13. The molecule has 0 radical (unpaired) electrons. The molecule has 0 aliphatic heterocycles. The van der Waals surface area contributed by atoms with Crippen LogP contribution in [0.5, 0.6) is 0 Å². The molecule has 0 aromatic rings. The zero-order chi connectivity index (χ0) is 11.2. The van der Waals surface area contributed by atoms with Crippen LogP contribution in [0.3, 0.4) is 0 Å². The third-order valence-electron chi connectivity index (χ3n) is 1.46. The largest absolute Gasteiger partial charge is 0.441 e. The minimum atomic E-state index is -4.20. The number of thioether (sulfide) groups is 1. The molecule has 0 saturated heterocycles. The van der Waals surface area contributed by atoms with Crippen LogP contribution in [0.2, 0.25) is 0 Å². The fourth-order valence-corrected chi connectivity index (χ4v) is 1.20. The quantitative estimate of drug-likeness (QED) is 0.691. The predicted octanol–water partition coefficient (Wildman–Crippen LogP) is 0.963. The first-order chi connectivity index (χ1) is 6.37. The molecule has 1 amide bonds. The number of amides is 1. The molecule has 0 aliphatic rings. The molecule has 0 rings (SSSR count). The lowest BCUT2D eigenvalue weighted by Crippen LogP contribution is -2.41. The van der Waals surface area contributed by atoms with Crippen LogP contribution in [0.4, 0.5) is 13.2 Å². The highest BCUT2D eigenvalue weighted by atomic mass is 32.2. The Morgan fingerprint density at radius 3 is 2.50 bits per heavy atom. The Morgan fingerprint density at radius 2 is 2.07 bits per heavy atom. The molecular formula is C7H13F3N2OS. The Morgan fingerprint density at radius 1 is 1.50 bits per heavy atom. The normalized spacial score (nSPS) is 13.8. The molecule has 2 N–H and O–H groups in total. The fourth-order valence-electron chi connectivity index (χ4n) is 0.751. The van der Waals surface area contributed by atoms with E-state index in [4.69, 9.17) is 0 Å². The Balaban J connectivity index is 3.50. The highest BCUT2D eigenvalue weighted by molar-refractivity contribution is 8.00. The van der Waals surface area contributed by atoms with Crippen molar-refractivity contribution in [2.45, 2.75) is 18.5 Å². The molecule has 0 aromatic carbocycles. The molecule has 14 heavy (non-hydrogen) atoms. The van der Waals surface area contributed by atoms with Gasteiger partial charge >= 0.3 is 5.51 Å². The van der Waals surface area contributed by atoms with E-state index in [1.807, 2.05) is 0 Å². The number of hydrogen-bond acceptors (Lipinski definition) is 3. The maximum atomic E-state index is 11.7. The molecule has 0 aromatic heterocycles. The van der Waals surface area contributed by atoms with Gasteiger partial charge in [-0.15, -0.1) is 0 Å². The van der Waals surface area contributed by atoms with Gasteiger partial charge in [0.15, 0.2) is 0 Å². The van der Waals surface area contributed by atoms with Gasteiger partial charge < -0.3 is 10.6 Å². The topological polar surface area (TPSA) is 41.1 Å². The van der Waals surface area contributed by atoms with Crippen LogP contribution in [-0.4, -0.2) is 36.8 Å². The predicted molar refractivity (Wildman–Crippen MR) is 50.0 cm³/mol. The highest BCUT2D eigenvalue weighted by Crippen LogP contribution is 2.29. The van der Waals surface area contributed by atoms with Crippen molar-refractivity contribution in [3.63, 3.8) is 0 Å². The van der Waals surface area contributed by atoms with E-state index in [1.165, 1.54) is 7.05 Å². The summed E-state index contributed by atoms with van der Waals surface area (Å²) in [5, 5.41) is 5.06. The van der Waals surface area contributed by atoms with Gasteiger partial charge in [0, 0.05) is 19.3 Å². The van der Waals surface area contributed by atoms with Gasteiger partial charge in [-0.3, -0.25) is 4.79 Å². The van der Waals surface area contributed by atoms with Gasteiger partial charge in [0.25, 0.3) is 0 Å². The summed E-state index contributed by atoms with van der Waals surface area (Å²) in [5.41, 5.74) is -4.20. The molecule has 0 spiro atoms. The number of rotatable bonds is 5. The number of carbonyl (C=O) groups excluding carboxylic acids is 1. The van der Waals surface area contributed by atoms with Crippen LogP contribution in [0.15, 0.2) is 0 Å². The van der Waals surface area contributed by atoms with E-state index in [0.717, 1.165) is 0 Å². The van der Waals surface area contributed by atoms with Gasteiger partial charge in [-0.05, 0) is 18.7 Å². The van der Waals surface area contributed by atoms with Crippen molar-refractivity contribution in [3.05, 3.63) is 0 Å². The third kappa shape index (κ3) is 7.02. The molecular weight excluding hydrogens is 217 g/mol. The lowest BCUT2D eigenvalue weighted by atomic mass is 10.3. The first-order valence-corrected chi connectivity index (χ1v) is 5.01. The molecule has 1 unspecified atom stereocenters. The Labute approximate surface area is 84.8 Å². The summed E-state index contributed by atoms with van der Waals surface area (Å²) >= 11 is -0.0993. The zero-order valence-corrected chi connectivity index (χ0v) is 8.76. The summed E-state index contributed by atoms with van der Waals surface area (Å²) in [7, 11) is 1.48. The monoisotopic (exact) mass is 230 g/mol. The first-order valence-electron chi connectivity index (χ1n) is 4.02. The second-order valence-electron chi connectivity index (χ2n) is 2.58. The summed E-state index contributed by atoms with van der Waals surface area (Å²) in [6, 6.07) is -0.464. The third-order valence-corrected chi connectivity index (χ3v) is 2.19. The van der Waals surface area contributed by atoms with Crippen LogP contribution < -0.4 is 10.6 Å². The van der Waals surface area contributed by atoms with Crippen molar-refractivity contribution in [2.75, 3.05) is 19.3 Å². The molecule has 0 fully saturated rings. The lowest BCUT2D eigenvalue weighted by molar-refractivity contribution is -0.122. The summed E-state index contributed by atoms with van der Waals surface area (Å²) in [5.74, 6) is -0.327. The lowest BCUT2D eigenvalue weighted by Gasteiger charge is -2.12. The maximum Gasteiger partial charge on any atom is 0.441 e. The van der Waals surface area contributed by atoms with Gasteiger partial charge in [0.2, 0.25) is 5.91 Å². The Bertz CT molecular complexity index is 186. The number of nitrogens with one attached hydrogen (secondary N) is 2. The molecule has 0 heterocycles. The van der Waals surface area contributed by atoms with Gasteiger partial charge in [-0.2, -0.15) is 13.2 Å². The van der Waals surface area contributed by atoms with E-state index in [0.29, 0.717) is 0 Å². The standard InChI is InChI=1S/C7H13F3N2OS/c1-5(6(13)11-2)12-3-4-14-7(8,9)10/h5,12H,3-4H2,1-2H3,(H,11,13). The Kier molecular flexibility index (Phi) is 5.94. The number of likely N-dealkylation sites (N-methyl/N-ethyl adjacent to an activating group) is 1. The van der Waals surface area contributed by atoms with Crippen LogP contribution in [-0.2, 0) is 4.79 Å². The smallest absolute Gasteiger partial charge is 0.358 e. The van der Waals surface area contributed by atoms with Gasteiger partial charge in [0.1, 0.15) is 0 Å². The second-order valence-corrected chi connectivity index (χ2v) is 3.74. The van der Waals surface area contributed by atoms with Crippen LogP contribution in [0.1, 0.15) is 6.92 Å². The first kappa shape index (κ1) is 13.6. The SMILES string of the molecule is CNC(=O)C(C)NCCSC(F)(F)F. The van der Waals surface area contributed by atoms with Gasteiger partial charge in [0.05, 0.1) is 6.04 Å². The molecule has 3 nitrogen and oxygen atoms in total. The van der Waals surface area contributed by atoms with Crippen molar-refractivity contribution in [1.29, 1.82) is 0 Å². The van der Waals surface area contributed by atoms with E-state index in [-0.39, 0.29) is 30.0 Å². The van der Waals surface area contributed by atoms with E-state index in [1.54, 1.807) is 6.92 Å². The molecule has 7 heteroatoms. The summed E-state index contributed by atoms with van der Waals surface area (Å²) in [6.07, 6.45) is 0. The van der Waals surface area contributed by atoms with Crippen molar-refractivity contribution >= 4 is 17.7 Å². The van der Waals surface area contributed by atoms with Crippen LogP contribution in [0.25, 0.3) is 0 Å². The minimum absolute atomic E-state index is 0.0924. The molecule has 0 saturated carbocycles. The van der Waals surface area contributed by atoms with E-state index in [2.05, 4.69) is 10.6 Å². The van der Waals surface area contributed by atoms with E-state index >= 15 is 0 Å². The Hall–Kier alpha value is -0.430. The minimum Gasteiger partial charge on any atom is -0.358 e. The van der Waals surface area contributed by atoms with Crippen LogP contribution >= 0.6 is 11.8 Å². The van der Waals surface area contributed by atoms with Gasteiger partial charge in [-0.1, -0.05) is 0 Å². The van der Waals surface area contributed by atoms with Crippen molar-refractivity contribution in [1.82, 2.24) is 10.6 Å². The average molecular weight is 230 g/mol. The number of hydrogen-bond donors (Lipinski definition) is 2. The molecule has 84 valence electrons. The van der Waals surface area contributed by atoms with Crippen LogP contribution in [0, 0.1) is 0 Å². The number of alkyl halides is 3. The zero-order valence-electron chi connectivity index (χ0n) is 7.94. The van der Waals surface area contributed by atoms with Crippen molar-refractivity contribution in [2.24, 2.45) is 0 Å². The van der Waals surface area contributed by atoms with Crippen molar-refractivity contribution in [3.8, 4) is 0 Å². The average Bonchev–Trinajstić information content (AvgIpc) is 2.09. The summed E-state index contributed by atoms with van der Waals surface area (Å²) in [6.45, 7) is 1.75. The molecule has 0 aliphatic carbocycles. The highest BCUT2D eigenvalue weighted by Gasteiger charge is 2.27. The molecule has 1 atom stereocenters. The van der Waals surface area contributed by atoms with Gasteiger partial charge in [-0.25, -0.2) is 0 Å².